The highest BCUT2D eigenvalue weighted by molar-refractivity contribution is 6.32. The standard InChI is InChI=1S/C18H20ClFN6O2/c1-10(2)28-16-7-15(25-26-16)23-17-13(19)8-21-18(24-17)22-14(9-27)11-3-5-12(20)6-4-11/h3-8,10,14,27H,9H2,1-2H3,(H3,21,22,23,24,25,26). The van der Waals surface area contributed by atoms with Crippen molar-refractivity contribution < 1.29 is 14.2 Å². The Morgan fingerprint density at radius 1 is 1.29 bits per heavy atom. The second-order valence-corrected chi connectivity index (χ2v) is 6.64. The van der Waals surface area contributed by atoms with E-state index in [9.17, 15) is 9.50 Å². The summed E-state index contributed by atoms with van der Waals surface area (Å²) in [4.78, 5) is 8.46. The molecule has 2 heterocycles. The van der Waals surface area contributed by atoms with Crippen LogP contribution in [0.2, 0.25) is 5.02 Å². The Labute approximate surface area is 166 Å². The highest BCUT2D eigenvalue weighted by Gasteiger charge is 2.14. The zero-order chi connectivity index (χ0) is 20.1. The van der Waals surface area contributed by atoms with Crippen LogP contribution >= 0.6 is 11.6 Å². The molecule has 0 fully saturated rings. The van der Waals surface area contributed by atoms with Gasteiger partial charge in [-0.05, 0) is 31.5 Å². The van der Waals surface area contributed by atoms with Crippen molar-refractivity contribution in [2.75, 3.05) is 17.2 Å². The normalized spacial score (nSPS) is 12.1. The maximum absolute atomic E-state index is 13.1. The summed E-state index contributed by atoms with van der Waals surface area (Å²) in [5, 5.41) is 22.8. The molecule has 0 amide bonds. The average Bonchev–Trinajstić information content (AvgIpc) is 3.09. The third-order valence-electron chi connectivity index (χ3n) is 3.67. The smallest absolute Gasteiger partial charge is 0.234 e. The first kappa shape index (κ1) is 19.8. The Balaban J connectivity index is 1.75. The Kier molecular flexibility index (Phi) is 6.27. The Hall–Kier alpha value is -2.91. The van der Waals surface area contributed by atoms with E-state index in [1.807, 2.05) is 13.8 Å². The molecule has 1 aromatic carbocycles. The molecule has 10 heteroatoms. The lowest BCUT2D eigenvalue weighted by Crippen LogP contribution is -2.17. The van der Waals surface area contributed by atoms with Gasteiger partial charge in [0.25, 0.3) is 0 Å². The van der Waals surface area contributed by atoms with Gasteiger partial charge in [0, 0.05) is 6.07 Å². The number of H-pyrrole nitrogens is 1. The van der Waals surface area contributed by atoms with E-state index in [0.29, 0.717) is 28.1 Å². The molecule has 0 spiro atoms. The van der Waals surface area contributed by atoms with Crippen LogP contribution in [0.3, 0.4) is 0 Å². The van der Waals surface area contributed by atoms with E-state index >= 15 is 0 Å². The number of aliphatic hydroxyl groups is 1. The number of benzene rings is 1. The summed E-state index contributed by atoms with van der Waals surface area (Å²) >= 11 is 6.17. The molecule has 1 atom stereocenters. The number of hydrogen-bond donors (Lipinski definition) is 4. The van der Waals surface area contributed by atoms with Crippen molar-refractivity contribution in [1.82, 2.24) is 20.2 Å². The van der Waals surface area contributed by atoms with Crippen LogP contribution in [-0.2, 0) is 0 Å². The van der Waals surface area contributed by atoms with Crippen LogP contribution in [-0.4, -0.2) is 38.0 Å². The van der Waals surface area contributed by atoms with E-state index in [1.54, 1.807) is 18.2 Å². The van der Waals surface area contributed by atoms with Crippen LogP contribution in [0, 0.1) is 5.82 Å². The molecule has 0 aliphatic rings. The maximum atomic E-state index is 13.1. The highest BCUT2D eigenvalue weighted by Crippen LogP contribution is 2.26. The van der Waals surface area contributed by atoms with Crippen molar-refractivity contribution >= 4 is 29.2 Å². The quantitative estimate of drug-likeness (QED) is 0.452. The second kappa shape index (κ2) is 8.85. The average molecular weight is 407 g/mol. The molecule has 0 bridgehead atoms. The van der Waals surface area contributed by atoms with Crippen molar-refractivity contribution in [2.24, 2.45) is 0 Å². The fourth-order valence-corrected chi connectivity index (χ4v) is 2.54. The summed E-state index contributed by atoms with van der Waals surface area (Å²) in [6.07, 6.45) is 1.43. The van der Waals surface area contributed by atoms with Crippen LogP contribution in [0.1, 0.15) is 25.5 Å². The van der Waals surface area contributed by atoms with Gasteiger partial charge < -0.3 is 20.5 Å². The number of ether oxygens (including phenoxy) is 1. The monoisotopic (exact) mass is 406 g/mol. The van der Waals surface area contributed by atoms with Gasteiger partial charge >= 0.3 is 0 Å². The SMILES string of the molecule is CC(C)Oc1cc(Nc2nc(NC(CO)c3ccc(F)cc3)ncc2Cl)[nH]n1. The van der Waals surface area contributed by atoms with Gasteiger partial charge in [-0.3, -0.25) is 5.10 Å². The fourth-order valence-electron chi connectivity index (χ4n) is 2.41. The third kappa shape index (κ3) is 5.08. The van der Waals surface area contributed by atoms with Crippen LogP contribution < -0.4 is 15.4 Å². The number of nitrogens with zero attached hydrogens (tertiary/aromatic N) is 3. The molecular formula is C18H20ClFN6O2. The number of anilines is 3. The van der Waals surface area contributed by atoms with E-state index in [-0.39, 0.29) is 24.5 Å². The number of hydrogen-bond acceptors (Lipinski definition) is 7. The number of aromatic amines is 1. The number of rotatable bonds is 8. The minimum Gasteiger partial charge on any atom is -0.474 e. The third-order valence-corrected chi connectivity index (χ3v) is 3.94. The first-order valence-electron chi connectivity index (χ1n) is 8.59. The molecular weight excluding hydrogens is 387 g/mol. The Morgan fingerprint density at radius 2 is 2.04 bits per heavy atom. The number of aromatic nitrogens is 4. The lowest BCUT2D eigenvalue weighted by molar-refractivity contribution is 0.232. The molecule has 148 valence electrons. The van der Waals surface area contributed by atoms with E-state index < -0.39 is 6.04 Å². The predicted octanol–water partition coefficient (Wildman–Crippen LogP) is 3.67. The first-order valence-corrected chi connectivity index (χ1v) is 8.97. The fraction of sp³-hybridized carbons (Fsp3) is 0.278. The van der Waals surface area contributed by atoms with Crippen molar-refractivity contribution in [2.45, 2.75) is 26.0 Å². The van der Waals surface area contributed by atoms with Gasteiger partial charge in [-0.25, -0.2) is 9.37 Å². The summed E-state index contributed by atoms with van der Waals surface area (Å²) in [6, 6.07) is 6.99. The Morgan fingerprint density at radius 3 is 2.71 bits per heavy atom. The van der Waals surface area contributed by atoms with Gasteiger partial charge in [0.15, 0.2) is 5.82 Å². The summed E-state index contributed by atoms with van der Waals surface area (Å²) in [5.74, 6) is 1.22. The highest BCUT2D eigenvalue weighted by atomic mass is 35.5. The lowest BCUT2D eigenvalue weighted by Gasteiger charge is -2.17. The first-order chi connectivity index (χ1) is 13.4. The largest absolute Gasteiger partial charge is 0.474 e. The van der Waals surface area contributed by atoms with Crippen LogP contribution in [0.15, 0.2) is 36.5 Å². The minimum atomic E-state index is -0.507. The van der Waals surface area contributed by atoms with Crippen molar-refractivity contribution in [3.05, 3.63) is 52.9 Å². The topological polar surface area (TPSA) is 108 Å². The van der Waals surface area contributed by atoms with Crippen LogP contribution in [0.5, 0.6) is 5.88 Å². The molecule has 1 unspecified atom stereocenters. The van der Waals surface area contributed by atoms with Crippen LogP contribution in [0.25, 0.3) is 0 Å². The second-order valence-electron chi connectivity index (χ2n) is 6.23. The van der Waals surface area contributed by atoms with E-state index in [4.69, 9.17) is 16.3 Å². The van der Waals surface area contributed by atoms with Gasteiger partial charge in [-0.15, -0.1) is 5.10 Å². The minimum absolute atomic E-state index is 0.00327. The molecule has 0 saturated heterocycles. The van der Waals surface area contributed by atoms with Gasteiger partial charge in [0.2, 0.25) is 11.8 Å². The molecule has 8 nitrogen and oxygen atoms in total. The number of aliphatic hydroxyl groups excluding tert-OH is 1. The van der Waals surface area contributed by atoms with Crippen LogP contribution in [0.4, 0.5) is 22.0 Å². The van der Waals surface area contributed by atoms with E-state index in [2.05, 4.69) is 30.8 Å². The van der Waals surface area contributed by atoms with E-state index in [0.717, 1.165) is 0 Å². The Bertz CT molecular complexity index is 919. The van der Waals surface area contributed by atoms with E-state index in [1.165, 1.54) is 18.3 Å². The zero-order valence-electron chi connectivity index (χ0n) is 15.3. The van der Waals surface area contributed by atoms with Crippen molar-refractivity contribution in [3.8, 4) is 5.88 Å². The van der Waals surface area contributed by atoms with Gasteiger partial charge in [-0.1, -0.05) is 23.7 Å². The lowest BCUT2D eigenvalue weighted by atomic mass is 10.1. The summed E-state index contributed by atoms with van der Waals surface area (Å²) in [5.41, 5.74) is 0.695. The van der Waals surface area contributed by atoms with Crippen molar-refractivity contribution in [3.63, 3.8) is 0 Å². The molecule has 0 aliphatic heterocycles. The molecule has 3 rings (SSSR count). The van der Waals surface area contributed by atoms with Gasteiger partial charge in [-0.2, -0.15) is 4.98 Å². The molecule has 0 saturated carbocycles. The van der Waals surface area contributed by atoms with Gasteiger partial charge in [0.1, 0.15) is 16.7 Å². The maximum Gasteiger partial charge on any atom is 0.234 e. The number of nitrogens with one attached hydrogen (secondary N) is 3. The van der Waals surface area contributed by atoms with Crippen molar-refractivity contribution in [1.29, 1.82) is 0 Å². The van der Waals surface area contributed by atoms with Gasteiger partial charge in [0.05, 0.1) is 24.9 Å². The molecule has 3 aromatic rings. The molecule has 28 heavy (non-hydrogen) atoms. The summed E-state index contributed by atoms with van der Waals surface area (Å²) < 4.78 is 18.6. The zero-order valence-corrected chi connectivity index (χ0v) is 16.0. The molecule has 0 radical (unpaired) electrons. The predicted molar refractivity (Wildman–Crippen MR) is 105 cm³/mol. The number of halogens is 2. The molecule has 0 aliphatic carbocycles. The molecule has 4 N–H and O–H groups in total. The summed E-state index contributed by atoms with van der Waals surface area (Å²) in [6.45, 7) is 3.58. The summed E-state index contributed by atoms with van der Waals surface area (Å²) in [7, 11) is 0. The molecule has 2 aromatic heterocycles.